The van der Waals surface area contributed by atoms with Crippen molar-refractivity contribution in [3.05, 3.63) is 23.5 Å². The van der Waals surface area contributed by atoms with Gasteiger partial charge in [-0.15, -0.1) is 0 Å². The van der Waals surface area contributed by atoms with E-state index in [1.54, 1.807) is 18.0 Å². The Kier molecular flexibility index (Phi) is 6.57. The van der Waals surface area contributed by atoms with Gasteiger partial charge >= 0.3 is 0 Å². The zero-order valence-electron chi connectivity index (χ0n) is 11.2. The van der Waals surface area contributed by atoms with Crippen LogP contribution in [0.1, 0.15) is 29.4 Å². The molecule has 0 saturated carbocycles. The number of anilines is 1. The Morgan fingerprint density at radius 1 is 1.50 bits per heavy atom. The molecule has 18 heavy (non-hydrogen) atoms. The predicted molar refractivity (Wildman–Crippen MR) is 78.5 cm³/mol. The summed E-state index contributed by atoms with van der Waals surface area (Å²) in [6.07, 6.45) is 4.69. The first-order valence-electron chi connectivity index (χ1n) is 6.16. The van der Waals surface area contributed by atoms with Crippen LogP contribution >= 0.6 is 11.8 Å². The van der Waals surface area contributed by atoms with Gasteiger partial charge in [0.25, 0.3) is 5.91 Å². The van der Waals surface area contributed by atoms with Crippen molar-refractivity contribution in [2.45, 2.75) is 20.3 Å². The van der Waals surface area contributed by atoms with Gasteiger partial charge in [-0.3, -0.25) is 9.78 Å². The van der Waals surface area contributed by atoms with E-state index in [1.807, 2.05) is 19.9 Å². The topological polar surface area (TPSA) is 54.0 Å². The lowest BCUT2D eigenvalue weighted by Gasteiger charge is -2.11. The fourth-order valence-electron chi connectivity index (χ4n) is 1.59. The van der Waals surface area contributed by atoms with E-state index in [2.05, 4.69) is 21.9 Å². The van der Waals surface area contributed by atoms with E-state index in [4.69, 9.17) is 0 Å². The second-order valence-electron chi connectivity index (χ2n) is 4.00. The SMILES string of the molecule is CCNc1cc(C)ncc1C(=O)NCCCSC. The van der Waals surface area contributed by atoms with Crippen molar-refractivity contribution in [2.24, 2.45) is 0 Å². The number of rotatable bonds is 7. The summed E-state index contributed by atoms with van der Waals surface area (Å²) in [5.74, 6) is 1.01. The minimum Gasteiger partial charge on any atom is -0.385 e. The van der Waals surface area contributed by atoms with E-state index >= 15 is 0 Å². The molecule has 1 aromatic rings. The van der Waals surface area contributed by atoms with Gasteiger partial charge in [0.15, 0.2) is 0 Å². The number of thioether (sulfide) groups is 1. The van der Waals surface area contributed by atoms with Crippen LogP contribution in [-0.2, 0) is 0 Å². The number of pyridine rings is 1. The van der Waals surface area contributed by atoms with Crippen LogP contribution in [0.4, 0.5) is 5.69 Å². The highest BCUT2D eigenvalue weighted by Gasteiger charge is 2.11. The van der Waals surface area contributed by atoms with Crippen LogP contribution in [0.5, 0.6) is 0 Å². The van der Waals surface area contributed by atoms with Gasteiger partial charge in [0.05, 0.1) is 11.3 Å². The fourth-order valence-corrected chi connectivity index (χ4v) is 2.02. The molecule has 0 aromatic carbocycles. The molecule has 1 rings (SSSR count). The second-order valence-corrected chi connectivity index (χ2v) is 4.99. The first kappa shape index (κ1) is 14.8. The monoisotopic (exact) mass is 267 g/mol. The van der Waals surface area contributed by atoms with Crippen molar-refractivity contribution in [2.75, 3.05) is 30.4 Å². The zero-order valence-corrected chi connectivity index (χ0v) is 12.1. The number of aryl methyl sites for hydroxylation is 1. The highest BCUT2D eigenvalue weighted by molar-refractivity contribution is 7.98. The largest absolute Gasteiger partial charge is 0.385 e. The van der Waals surface area contributed by atoms with Crippen LogP contribution in [0.25, 0.3) is 0 Å². The number of nitrogens with one attached hydrogen (secondary N) is 2. The van der Waals surface area contributed by atoms with E-state index in [0.717, 1.165) is 30.1 Å². The molecule has 1 aromatic heterocycles. The number of carbonyl (C=O) groups is 1. The number of hydrogen-bond donors (Lipinski definition) is 2. The van der Waals surface area contributed by atoms with E-state index < -0.39 is 0 Å². The Hall–Kier alpha value is -1.23. The number of amides is 1. The Balaban J connectivity index is 2.66. The van der Waals surface area contributed by atoms with Gasteiger partial charge in [0, 0.05) is 25.0 Å². The molecule has 0 fully saturated rings. The predicted octanol–water partition coefficient (Wildman–Crippen LogP) is 2.30. The normalized spacial score (nSPS) is 10.2. The first-order valence-corrected chi connectivity index (χ1v) is 7.56. The molecule has 1 amide bonds. The summed E-state index contributed by atoms with van der Waals surface area (Å²) in [5, 5.41) is 6.11. The van der Waals surface area contributed by atoms with Crippen molar-refractivity contribution >= 4 is 23.4 Å². The minimum absolute atomic E-state index is 0.0560. The van der Waals surface area contributed by atoms with Crippen LogP contribution in [0, 0.1) is 6.92 Å². The van der Waals surface area contributed by atoms with Gasteiger partial charge in [-0.2, -0.15) is 11.8 Å². The Bertz CT molecular complexity index is 396. The minimum atomic E-state index is -0.0560. The maximum atomic E-state index is 12.0. The molecule has 5 heteroatoms. The molecular weight excluding hydrogens is 246 g/mol. The van der Waals surface area contributed by atoms with E-state index in [0.29, 0.717) is 12.1 Å². The molecule has 0 aliphatic heterocycles. The molecule has 0 aliphatic carbocycles. The molecule has 0 radical (unpaired) electrons. The summed E-state index contributed by atoms with van der Waals surface area (Å²) in [7, 11) is 0. The molecule has 0 aliphatic rings. The number of hydrogen-bond acceptors (Lipinski definition) is 4. The molecule has 4 nitrogen and oxygen atoms in total. The Morgan fingerprint density at radius 2 is 2.28 bits per heavy atom. The van der Waals surface area contributed by atoms with Crippen LogP contribution in [0.3, 0.4) is 0 Å². The number of nitrogens with zero attached hydrogens (tertiary/aromatic N) is 1. The molecule has 1 heterocycles. The van der Waals surface area contributed by atoms with Gasteiger partial charge in [0.1, 0.15) is 0 Å². The Labute approximate surface area is 113 Å². The van der Waals surface area contributed by atoms with Gasteiger partial charge in [-0.05, 0) is 38.3 Å². The van der Waals surface area contributed by atoms with Crippen molar-refractivity contribution < 1.29 is 4.79 Å². The third-order valence-corrected chi connectivity index (χ3v) is 3.16. The second kappa shape index (κ2) is 7.97. The summed E-state index contributed by atoms with van der Waals surface area (Å²) in [6.45, 7) is 5.42. The fraction of sp³-hybridized carbons (Fsp3) is 0.538. The lowest BCUT2D eigenvalue weighted by atomic mass is 10.2. The van der Waals surface area contributed by atoms with E-state index in [-0.39, 0.29) is 5.91 Å². The summed E-state index contributed by atoms with van der Waals surface area (Å²) in [4.78, 5) is 16.2. The van der Waals surface area contributed by atoms with Crippen LogP contribution in [0.2, 0.25) is 0 Å². The summed E-state index contributed by atoms with van der Waals surface area (Å²) < 4.78 is 0. The number of carbonyl (C=O) groups excluding carboxylic acids is 1. The summed E-state index contributed by atoms with van der Waals surface area (Å²) in [5.41, 5.74) is 2.38. The third-order valence-electron chi connectivity index (χ3n) is 2.46. The maximum Gasteiger partial charge on any atom is 0.254 e. The molecule has 2 N–H and O–H groups in total. The molecule has 0 bridgehead atoms. The standard InChI is InChI=1S/C13H21N3OS/c1-4-14-12-8-10(2)16-9-11(12)13(17)15-6-5-7-18-3/h8-9H,4-7H2,1-3H3,(H,14,16)(H,15,17). The van der Waals surface area contributed by atoms with Crippen molar-refractivity contribution in [1.29, 1.82) is 0 Å². The molecule has 0 atom stereocenters. The van der Waals surface area contributed by atoms with Crippen molar-refractivity contribution in [1.82, 2.24) is 10.3 Å². The van der Waals surface area contributed by atoms with E-state index in [1.165, 1.54) is 0 Å². The summed E-state index contributed by atoms with van der Waals surface area (Å²) in [6, 6.07) is 1.90. The lowest BCUT2D eigenvalue weighted by molar-refractivity contribution is 0.0954. The van der Waals surface area contributed by atoms with Gasteiger partial charge in [-0.1, -0.05) is 0 Å². The highest BCUT2D eigenvalue weighted by atomic mass is 32.2. The number of aromatic nitrogens is 1. The first-order chi connectivity index (χ1) is 8.69. The molecule has 0 spiro atoms. The zero-order chi connectivity index (χ0) is 13.4. The van der Waals surface area contributed by atoms with Crippen molar-refractivity contribution in [3.63, 3.8) is 0 Å². The maximum absolute atomic E-state index is 12.0. The van der Waals surface area contributed by atoms with Gasteiger partial charge in [-0.25, -0.2) is 0 Å². The average Bonchev–Trinajstić information content (AvgIpc) is 2.35. The third kappa shape index (κ3) is 4.56. The summed E-state index contributed by atoms with van der Waals surface area (Å²) >= 11 is 1.79. The van der Waals surface area contributed by atoms with Gasteiger partial charge in [0.2, 0.25) is 0 Å². The molecule has 0 saturated heterocycles. The molecular formula is C13H21N3OS. The van der Waals surface area contributed by atoms with Gasteiger partial charge < -0.3 is 10.6 Å². The quantitative estimate of drug-likeness (QED) is 0.744. The lowest BCUT2D eigenvalue weighted by Crippen LogP contribution is -2.26. The van der Waals surface area contributed by atoms with E-state index in [9.17, 15) is 4.79 Å². The molecule has 0 unspecified atom stereocenters. The van der Waals surface area contributed by atoms with Crippen LogP contribution in [0.15, 0.2) is 12.3 Å². The smallest absolute Gasteiger partial charge is 0.254 e. The van der Waals surface area contributed by atoms with Crippen LogP contribution < -0.4 is 10.6 Å². The highest BCUT2D eigenvalue weighted by Crippen LogP contribution is 2.15. The molecule has 100 valence electrons. The average molecular weight is 267 g/mol. The van der Waals surface area contributed by atoms with Crippen LogP contribution in [-0.4, -0.2) is 36.0 Å². The van der Waals surface area contributed by atoms with Crippen molar-refractivity contribution in [3.8, 4) is 0 Å². The Morgan fingerprint density at radius 3 is 2.94 bits per heavy atom.